The van der Waals surface area contributed by atoms with E-state index in [9.17, 15) is 4.79 Å². The fourth-order valence-electron chi connectivity index (χ4n) is 2.53. The first-order valence-electron chi connectivity index (χ1n) is 8.57. The van der Waals surface area contributed by atoms with Gasteiger partial charge in [0.05, 0.1) is 5.69 Å². The van der Waals surface area contributed by atoms with Crippen LogP contribution in [0.15, 0.2) is 42.5 Å². The lowest BCUT2D eigenvalue weighted by molar-refractivity contribution is 0.238. The molecule has 0 saturated carbocycles. The molecule has 6 nitrogen and oxygen atoms in total. The van der Waals surface area contributed by atoms with Crippen molar-refractivity contribution in [1.82, 2.24) is 20.1 Å². The number of carbonyl (C=O) groups is 1. The highest BCUT2D eigenvalue weighted by Gasteiger charge is 2.16. The van der Waals surface area contributed by atoms with Gasteiger partial charge >= 0.3 is 6.03 Å². The minimum absolute atomic E-state index is 0.228. The van der Waals surface area contributed by atoms with Crippen LogP contribution in [0.4, 0.5) is 4.79 Å². The van der Waals surface area contributed by atoms with Gasteiger partial charge in [-0.2, -0.15) is 9.78 Å². The van der Waals surface area contributed by atoms with Gasteiger partial charge < -0.3 is 11.1 Å². The largest absolute Gasteiger partial charge is 0.402 e. The second-order valence-electron chi connectivity index (χ2n) is 6.78. The molecule has 134 valence electrons. The Balaban J connectivity index is 2.14. The van der Waals surface area contributed by atoms with Crippen molar-refractivity contribution in [2.75, 3.05) is 6.54 Å². The highest BCUT2D eigenvalue weighted by atomic mass is 16.2. The Kier molecular flexibility index (Phi) is 6.33. The molecule has 2 rings (SSSR count). The van der Waals surface area contributed by atoms with Gasteiger partial charge in [0.25, 0.3) is 0 Å². The molecule has 0 bridgehead atoms. The molecule has 1 atom stereocenters. The third-order valence-electron chi connectivity index (χ3n) is 4.01. The molecule has 2 heterocycles. The van der Waals surface area contributed by atoms with Gasteiger partial charge in [0.15, 0.2) is 0 Å². The number of nitrogens with zero attached hydrogens (tertiary/aromatic N) is 3. The lowest BCUT2D eigenvalue weighted by Crippen LogP contribution is -2.31. The Morgan fingerprint density at radius 1 is 1.32 bits per heavy atom. The Morgan fingerprint density at radius 3 is 2.68 bits per heavy atom. The average Bonchev–Trinajstić information content (AvgIpc) is 3.07. The maximum absolute atomic E-state index is 12.1. The number of nitrogens with two attached hydrogens (primary N) is 1. The van der Waals surface area contributed by atoms with Crippen molar-refractivity contribution in [2.45, 2.75) is 40.0 Å². The second-order valence-corrected chi connectivity index (χ2v) is 6.78. The highest BCUT2D eigenvalue weighted by molar-refractivity contribution is 5.76. The summed E-state index contributed by atoms with van der Waals surface area (Å²) in [6.45, 7) is 8.71. The summed E-state index contributed by atoms with van der Waals surface area (Å²) >= 11 is 0. The first kappa shape index (κ1) is 18.7. The summed E-state index contributed by atoms with van der Waals surface area (Å²) in [5.74, 6) is 0.642. The van der Waals surface area contributed by atoms with E-state index in [0.717, 1.165) is 23.3 Å². The fourth-order valence-corrected chi connectivity index (χ4v) is 2.53. The Bertz CT molecular complexity index is 729. The summed E-state index contributed by atoms with van der Waals surface area (Å²) in [5, 5.41) is 7.26. The third kappa shape index (κ3) is 5.17. The fraction of sp³-hybridized carbons (Fsp3) is 0.421. The van der Waals surface area contributed by atoms with Gasteiger partial charge in [-0.25, -0.2) is 4.79 Å². The summed E-state index contributed by atoms with van der Waals surface area (Å²) in [5.41, 5.74) is 9.64. The molecular formula is C19H27N5O. The minimum atomic E-state index is -0.228. The molecule has 0 aromatic carbocycles. The van der Waals surface area contributed by atoms with Crippen molar-refractivity contribution >= 4 is 11.6 Å². The Hall–Kier alpha value is -2.63. The first-order valence-corrected chi connectivity index (χ1v) is 8.57. The highest BCUT2D eigenvalue weighted by Crippen LogP contribution is 2.28. The summed E-state index contributed by atoms with van der Waals surface area (Å²) in [7, 11) is 0. The molecule has 6 heteroatoms. The van der Waals surface area contributed by atoms with Gasteiger partial charge in [0.2, 0.25) is 0 Å². The minimum Gasteiger partial charge on any atom is -0.402 e. The molecule has 2 aromatic heterocycles. The summed E-state index contributed by atoms with van der Waals surface area (Å²) in [6.07, 6.45) is 6.03. The van der Waals surface area contributed by atoms with Crippen LogP contribution >= 0.6 is 0 Å². The van der Waals surface area contributed by atoms with E-state index in [1.807, 2.05) is 39.1 Å². The van der Waals surface area contributed by atoms with Gasteiger partial charge in [-0.3, -0.25) is 4.98 Å². The smallest absolute Gasteiger partial charge is 0.342 e. The van der Waals surface area contributed by atoms with E-state index >= 15 is 0 Å². The zero-order valence-corrected chi connectivity index (χ0v) is 15.4. The molecule has 0 aliphatic rings. The molecule has 0 fully saturated rings. The standard InChI is InChI=1S/C19H27N5O/c1-13(2)11-22-19(25)24-9-7-18(23-24)17(15(4)20)10-14(3)16-6-5-8-21-12-16/h5-9,12-14H,10-11,20H2,1-4H3,(H,22,25)/b17-15+. The number of amides is 1. The lowest BCUT2D eigenvalue weighted by Gasteiger charge is -2.14. The third-order valence-corrected chi connectivity index (χ3v) is 4.01. The molecule has 1 amide bonds. The molecule has 0 aliphatic heterocycles. The maximum Gasteiger partial charge on any atom is 0.342 e. The number of pyridine rings is 1. The molecule has 0 aliphatic carbocycles. The summed E-state index contributed by atoms with van der Waals surface area (Å²) in [6, 6.07) is 5.59. The number of carbonyl (C=O) groups excluding carboxylic acids is 1. The number of allylic oxidation sites excluding steroid dienone is 2. The number of hydrogen-bond donors (Lipinski definition) is 2. The van der Waals surface area contributed by atoms with Crippen LogP contribution in [0, 0.1) is 5.92 Å². The molecule has 25 heavy (non-hydrogen) atoms. The van der Waals surface area contributed by atoms with Crippen molar-refractivity contribution in [2.24, 2.45) is 11.7 Å². The second kappa shape index (κ2) is 8.46. The topological polar surface area (TPSA) is 85.8 Å². The van der Waals surface area contributed by atoms with E-state index in [1.54, 1.807) is 12.4 Å². The van der Waals surface area contributed by atoms with Crippen molar-refractivity contribution in [3.8, 4) is 0 Å². The number of nitrogens with one attached hydrogen (secondary N) is 1. The molecule has 0 saturated heterocycles. The predicted octanol–water partition coefficient (Wildman–Crippen LogP) is 3.38. The van der Waals surface area contributed by atoms with E-state index in [0.29, 0.717) is 18.2 Å². The molecule has 1 unspecified atom stereocenters. The van der Waals surface area contributed by atoms with E-state index in [1.165, 1.54) is 4.68 Å². The van der Waals surface area contributed by atoms with Crippen LogP contribution in [-0.2, 0) is 0 Å². The first-order chi connectivity index (χ1) is 11.9. The van der Waals surface area contributed by atoms with Crippen molar-refractivity contribution in [1.29, 1.82) is 0 Å². The van der Waals surface area contributed by atoms with Gasteiger partial charge in [0, 0.05) is 30.8 Å². The zero-order chi connectivity index (χ0) is 18.4. The van der Waals surface area contributed by atoms with Crippen LogP contribution in [0.5, 0.6) is 0 Å². The SMILES string of the molecule is C/C(N)=C(/CC(C)c1cccnc1)c1ccn(C(=O)NCC(C)C)n1. The monoisotopic (exact) mass is 341 g/mol. The van der Waals surface area contributed by atoms with Crippen LogP contribution in [0.3, 0.4) is 0 Å². The van der Waals surface area contributed by atoms with Crippen LogP contribution < -0.4 is 11.1 Å². The van der Waals surface area contributed by atoms with Crippen molar-refractivity contribution in [3.05, 3.63) is 53.7 Å². The predicted molar refractivity (Wildman–Crippen MR) is 99.9 cm³/mol. The number of rotatable bonds is 6. The number of hydrogen-bond acceptors (Lipinski definition) is 4. The molecule has 0 radical (unpaired) electrons. The zero-order valence-electron chi connectivity index (χ0n) is 15.4. The maximum atomic E-state index is 12.1. The van der Waals surface area contributed by atoms with Crippen LogP contribution in [0.1, 0.15) is 51.3 Å². The molecule has 2 aromatic rings. The van der Waals surface area contributed by atoms with Crippen LogP contribution in [-0.4, -0.2) is 27.3 Å². The van der Waals surface area contributed by atoms with Gasteiger partial charge in [-0.15, -0.1) is 0 Å². The van der Waals surface area contributed by atoms with Crippen molar-refractivity contribution < 1.29 is 4.79 Å². The van der Waals surface area contributed by atoms with E-state index in [-0.39, 0.29) is 11.9 Å². The van der Waals surface area contributed by atoms with Gasteiger partial charge in [-0.1, -0.05) is 26.8 Å². The van der Waals surface area contributed by atoms with E-state index in [4.69, 9.17) is 5.73 Å². The molecule has 0 spiro atoms. The van der Waals surface area contributed by atoms with Gasteiger partial charge in [-0.05, 0) is 48.4 Å². The number of aromatic nitrogens is 3. The quantitative estimate of drug-likeness (QED) is 0.843. The van der Waals surface area contributed by atoms with Gasteiger partial charge in [0.1, 0.15) is 0 Å². The Morgan fingerprint density at radius 2 is 2.08 bits per heavy atom. The average molecular weight is 341 g/mol. The molecular weight excluding hydrogens is 314 g/mol. The normalized spacial score (nSPS) is 13.5. The van der Waals surface area contributed by atoms with Crippen molar-refractivity contribution in [3.63, 3.8) is 0 Å². The summed E-state index contributed by atoms with van der Waals surface area (Å²) in [4.78, 5) is 16.3. The van der Waals surface area contributed by atoms with Crippen LogP contribution in [0.2, 0.25) is 0 Å². The summed E-state index contributed by atoms with van der Waals surface area (Å²) < 4.78 is 1.33. The van der Waals surface area contributed by atoms with E-state index in [2.05, 4.69) is 28.4 Å². The Labute approximate surface area is 149 Å². The lowest BCUT2D eigenvalue weighted by atomic mass is 9.92. The molecule has 3 N–H and O–H groups in total. The van der Waals surface area contributed by atoms with Crippen LogP contribution in [0.25, 0.3) is 5.57 Å². The van der Waals surface area contributed by atoms with E-state index < -0.39 is 0 Å².